The SMILES string of the molecule is CCCC(C)(C)NC(=O)C(N)COC. The molecular formula is C10H22N2O2. The zero-order chi connectivity index (χ0) is 11.2. The lowest BCUT2D eigenvalue weighted by molar-refractivity contribution is -0.125. The van der Waals surface area contributed by atoms with E-state index in [9.17, 15) is 4.79 Å². The van der Waals surface area contributed by atoms with Gasteiger partial charge in [-0.2, -0.15) is 0 Å². The molecule has 0 aromatic rings. The quantitative estimate of drug-likeness (QED) is 0.665. The Hall–Kier alpha value is -0.610. The summed E-state index contributed by atoms with van der Waals surface area (Å²) < 4.78 is 4.81. The Labute approximate surface area is 86.2 Å². The molecular weight excluding hydrogens is 180 g/mol. The Kier molecular flexibility index (Phi) is 5.72. The minimum atomic E-state index is -0.573. The number of hydrogen-bond acceptors (Lipinski definition) is 3. The van der Waals surface area contributed by atoms with Crippen molar-refractivity contribution >= 4 is 5.91 Å². The third kappa shape index (κ3) is 5.19. The van der Waals surface area contributed by atoms with Gasteiger partial charge in [-0.05, 0) is 20.3 Å². The average Bonchev–Trinajstić information content (AvgIpc) is 2.03. The van der Waals surface area contributed by atoms with E-state index in [1.165, 1.54) is 7.11 Å². The molecule has 0 saturated carbocycles. The maximum Gasteiger partial charge on any atom is 0.239 e. The van der Waals surface area contributed by atoms with E-state index in [-0.39, 0.29) is 18.1 Å². The average molecular weight is 202 g/mol. The summed E-state index contributed by atoms with van der Waals surface area (Å²) in [6.45, 7) is 6.33. The monoisotopic (exact) mass is 202 g/mol. The molecule has 1 unspecified atom stereocenters. The Morgan fingerprint density at radius 2 is 2.14 bits per heavy atom. The number of ether oxygens (including phenoxy) is 1. The van der Waals surface area contributed by atoms with Gasteiger partial charge in [-0.15, -0.1) is 0 Å². The zero-order valence-corrected chi connectivity index (χ0v) is 9.59. The number of carbonyl (C=O) groups is 1. The van der Waals surface area contributed by atoms with E-state index in [1.54, 1.807) is 0 Å². The molecule has 1 amide bonds. The highest BCUT2D eigenvalue weighted by molar-refractivity contribution is 5.82. The van der Waals surface area contributed by atoms with Crippen molar-refractivity contribution in [1.82, 2.24) is 5.32 Å². The van der Waals surface area contributed by atoms with Gasteiger partial charge in [0, 0.05) is 12.6 Å². The topological polar surface area (TPSA) is 64.4 Å². The maximum absolute atomic E-state index is 11.5. The van der Waals surface area contributed by atoms with Gasteiger partial charge < -0.3 is 15.8 Å². The fourth-order valence-corrected chi connectivity index (χ4v) is 1.37. The van der Waals surface area contributed by atoms with Crippen molar-refractivity contribution < 1.29 is 9.53 Å². The van der Waals surface area contributed by atoms with Crippen molar-refractivity contribution in [2.24, 2.45) is 5.73 Å². The van der Waals surface area contributed by atoms with Crippen LogP contribution in [-0.2, 0) is 9.53 Å². The molecule has 0 aliphatic heterocycles. The zero-order valence-electron chi connectivity index (χ0n) is 9.59. The normalized spacial score (nSPS) is 13.8. The van der Waals surface area contributed by atoms with Crippen LogP contribution in [0.5, 0.6) is 0 Å². The van der Waals surface area contributed by atoms with E-state index in [1.807, 2.05) is 13.8 Å². The van der Waals surface area contributed by atoms with Crippen molar-refractivity contribution in [2.45, 2.75) is 45.2 Å². The second-order valence-electron chi connectivity index (χ2n) is 4.18. The Balaban J connectivity index is 4.03. The minimum Gasteiger partial charge on any atom is -0.383 e. The predicted molar refractivity (Wildman–Crippen MR) is 57.0 cm³/mol. The van der Waals surface area contributed by atoms with Gasteiger partial charge in [0.2, 0.25) is 5.91 Å². The standard InChI is InChI=1S/C10H22N2O2/c1-5-6-10(2,3)12-9(13)8(11)7-14-4/h8H,5-7,11H2,1-4H3,(H,12,13). The Morgan fingerprint density at radius 3 is 2.57 bits per heavy atom. The molecule has 0 aliphatic rings. The lowest BCUT2D eigenvalue weighted by Gasteiger charge is -2.27. The van der Waals surface area contributed by atoms with Crippen LogP contribution < -0.4 is 11.1 Å². The van der Waals surface area contributed by atoms with Crippen LogP contribution >= 0.6 is 0 Å². The third-order valence-electron chi connectivity index (χ3n) is 2.02. The van der Waals surface area contributed by atoms with Crippen molar-refractivity contribution in [3.8, 4) is 0 Å². The molecule has 4 nitrogen and oxygen atoms in total. The molecule has 1 atom stereocenters. The summed E-state index contributed by atoms with van der Waals surface area (Å²) in [6, 6.07) is -0.573. The second-order valence-corrected chi connectivity index (χ2v) is 4.18. The summed E-state index contributed by atoms with van der Waals surface area (Å²) in [7, 11) is 1.53. The van der Waals surface area contributed by atoms with Crippen LogP contribution in [0.25, 0.3) is 0 Å². The fourth-order valence-electron chi connectivity index (χ4n) is 1.37. The summed E-state index contributed by atoms with van der Waals surface area (Å²) in [5.74, 6) is -0.148. The molecule has 0 saturated heterocycles. The van der Waals surface area contributed by atoms with Crippen LogP contribution in [-0.4, -0.2) is 31.2 Å². The molecule has 0 aromatic carbocycles. The van der Waals surface area contributed by atoms with Gasteiger partial charge in [0.1, 0.15) is 6.04 Å². The molecule has 14 heavy (non-hydrogen) atoms. The van der Waals surface area contributed by atoms with Gasteiger partial charge in [0.15, 0.2) is 0 Å². The molecule has 4 heteroatoms. The predicted octanol–water partition coefficient (Wildman–Crippen LogP) is 0.655. The van der Waals surface area contributed by atoms with E-state index >= 15 is 0 Å². The molecule has 0 bridgehead atoms. The third-order valence-corrected chi connectivity index (χ3v) is 2.02. The molecule has 3 N–H and O–H groups in total. The maximum atomic E-state index is 11.5. The van der Waals surface area contributed by atoms with Gasteiger partial charge >= 0.3 is 0 Å². The van der Waals surface area contributed by atoms with Crippen LogP contribution in [0.15, 0.2) is 0 Å². The lowest BCUT2D eigenvalue weighted by Crippen LogP contribution is -2.51. The number of carbonyl (C=O) groups excluding carboxylic acids is 1. The molecule has 0 spiro atoms. The highest BCUT2D eigenvalue weighted by atomic mass is 16.5. The van der Waals surface area contributed by atoms with E-state index in [0.717, 1.165) is 12.8 Å². The number of rotatable bonds is 6. The lowest BCUT2D eigenvalue weighted by atomic mass is 9.98. The first-order chi connectivity index (χ1) is 6.43. The minimum absolute atomic E-state index is 0.148. The van der Waals surface area contributed by atoms with Crippen molar-refractivity contribution in [3.05, 3.63) is 0 Å². The first-order valence-electron chi connectivity index (χ1n) is 4.99. The van der Waals surface area contributed by atoms with Gasteiger partial charge in [-0.1, -0.05) is 13.3 Å². The summed E-state index contributed by atoms with van der Waals surface area (Å²) in [4.78, 5) is 11.5. The molecule has 84 valence electrons. The second kappa shape index (κ2) is 5.98. The fraction of sp³-hybridized carbons (Fsp3) is 0.900. The number of amides is 1. The van der Waals surface area contributed by atoms with Gasteiger partial charge in [0.05, 0.1) is 6.61 Å². The van der Waals surface area contributed by atoms with Crippen LogP contribution in [0.4, 0.5) is 0 Å². The molecule has 0 aromatic heterocycles. The highest BCUT2D eigenvalue weighted by Gasteiger charge is 2.22. The van der Waals surface area contributed by atoms with Crippen molar-refractivity contribution in [3.63, 3.8) is 0 Å². The number of methoxy groups -OCH3 is 1. The van der Waals surface area contributed by atoms with E-state index in [4.69, 9.17) is 10.5 Å². The first kappa shape index (κ1) is 13.4. The van der Waals surface area contributed by atoms with Crippen LogP contribution in [0, 0.1) is 0 Å². The summed E-state index contributed by atoms with van der Waals surface area (Å²) in [5, 5.41) is 2.90. The van der Waals surface area contributed by atoms with Crippen LogP contribution in [0.3, 0.4) is 0 Å². The van der Waals surface area contributed by atoms with Crippen LogP contribution in [0.1, 0.15) is 33.6 Å². The summed E-state index contributed by atoms with van der Waals surface area (Å²) in [5.41, 5.74) is 5.41. The largest absolute Gasteiger partial charge is 0.383 e. The number of hydrogen-bond donors (Lipinski definition) is 2. The van der Waals surface area contributed by atoms with Crippen LogP contribution in [0.2, 0.25) is 0 Å². The van der Waals surface area contributed by atoms with Crippen molar-refractivity contribution in [1.29, 1.82) is 0 Å². The first-order valence-corrected chi connectivity index (χ1v) is 4.99. The van der Waals surface area contributed by atoms with Gasteiger partial charge in [0.25, 0.3) is 0 Å². The van der Waals surface area contributed by atoms with Crippen molar-refractivity contribution in [2.75, 3.05) is 13.7 Å². The Morgan fingerprint density at radius 1 is 1.57 bits per heavy atom. The molecule has 0 aliphatic carbocycles. The van der Waals surface area contributed by atoms with E-state index in [2.05, 4.69) is 12.2 Å². The van der Waals surface area contributed by atoms with Gasteiger partial charge in [-0.3, -0.25) is 4.79 Å². The smallest absolute Gasteiger partial charge is 0.239 e. The number of nitrogens with one attached hydrogen (secondary N) is 1. The van der Waals surface area contributed by atoms with E-state index < -0.39 is 6.04 Å². The number of nitrogens with two attached hydrogens (primary N) is 1. The molecule has 0 fully saturated rings. The Bertz CT molecular complexity index is 181. The van der Waals surface area contributed by atoms with Gasteiger partial charge in [-0.25, -0.2) is 0 Å². The summed E-state index contributed by atoms with van der Waals surface area (Å²) in [6.07, 6.45) is 1.98. The van der Waals surface area contributed by atoms with E-state index in [0.29, 0.717) is 0 Å². The molecule has 0 rings (SSSR count). The highest BCUT2D eigenvalue weighted by Crippen LogP contribution is 2.10. The summed E-state index contributed by atoms with van der Waals surface area (Å²) >= 11 is 0. The molecule has 0 heterocycles. The molecule has 0 radical (unpaired) electrons.